The average Bonchev–Trinajstić information content (AvgIpc) is 3.02. The van der Waals surface area contributed by atoms with E-state index in [2.05, 4.69) is 27.8 Å². The highest BCUT2D eigenvalue weighted by Crippen LogP contribution is 2.31. The zero-order chi connectivity index (χ0) is 20.0. The van der Waals surface area contributed by atoms with Crippen LogP contribution in [0.2, 0.25) is 0 Å². The summed E-state index contributed by atoms with van der Waals surface area (Å²) in [6, 6.07) is 5.16. The fraction of sp³-hybridized carbons (Fsp3) is 0.500. The van der Waals surface area contributed by atoms with Gasteiger partial charge in [-0.25, -0.2) is 4.79 Å². The van der Waals surface area contributed by atoms with Gasteiger partial charge in [0.15, 0.2) is 5.11 Å². The molecule has 0 spiro atoms. The number of alkyl carbamates (subject to hydrolysis) is 1. The lowest BCUT2D eigenvalue weighted by atomic mass is 10.1. The molecule has 1 aromatic rings. The largest absolute Gasteiger partial charge is 0.493 e. The maximum absolute atomic E-state index is 12.0. The van der Waals surface area contributed by atoms with Gasteiger partial charge < -0.3 is 25.4 Å². The molecule has 1 aliphatic heterocycles. The number of hydrogen-bond acceptors (Lipinski definition) is 4. The first-order valence-corrected chi connectivity index (χ1v) is 9.34. The third-order valence-electron chi connectivity index (χ3n) is 3.82. The van der Waals surface area contributed by atoms with Crippen LogP contribution < -0.4 is 20.7 Å². The Hall–Kier alpha value is -2.46. The number of carbonyl (C=O) groups excluding carboxylic acids is 1. The molecule has 2 rings (SSSR count). The number of amides is 1. The fourth-order valence-electron chi connectivity index (χ4n) is 2.66. The van der Waals surface area contributed by atoms with Gasteiger partial charge in [-0.05, 0) is 59.0 Å². The minimum atomic E-state index is -0.560. The first-order chi connectivity index (χ1) is 12.7. The van der Waals surface area contributed by atoms with Gasteiger partial charge in [0, 0.05) is 17.7 Å². The molecule has 1 aliphatic rings. The Morgan fingerprint density at radius 2 is 2.07 bits per heavy atom. The number of hydrogen-bond donors (Lipinski definition) is 3. The summed E-state index contributed by atoms with van der Waals surface area (Å²) in [7, 11) is 0. The zero-order valence-corrected chi connectivity index (χ0v) is 17.3. The van der Waals surface area contributed by atoms with Crippen LogP contribution in [0.4, 0.5) is 10.5 Å². The van der Waals surface area contributed by atoms with Crippen molar-refractivity contribution in [2.24, 2.45) is 0 Å². The van der Waals surface area contributed by atoms with Crippen molar-refractivity contribution >= 4 is 29.1 Å². The number of nitrogens with one attached hydrogen (secondary N) is 3. The smallest absolute Gasteiger partial charge is 0.407 e. The molecule has 0 aromatic heterocycles. The van der Waals surface area contributed by atoms with Gasteiger partial charge >= 0.3 is 6.09 Å². The van der Waals surface area contributed by atoms with Gasteiger partial charge in [0.2, 0.25) is 0 Å². The van der Waals surface area contributed by atoms with Crippen LogP contribution in [0.1, 0.15) is 40.2 Å². The van der Waals surface area contributed by atoms with E-state index >= 15 is 0 Å². The van der Waals surface area contributed by atoms with E-state index in [1.165, 1.54) is 0 Å². The van der Waals surface area contributed by atoms with Crippen molar-refractivity contribution < 1.29 is 14.3 Å². The van der Waals surface area contributed by atoms with Crippen LogP contribution in [-0.4, -0.2) is 35.5 Å². The lowest BCUT2D eigenvalue weighted by Crippen LogP contribution is -2.51. The SMILES string of the molecule is CC#C[C@@H](NC(=S)Nc1cccc2c1CCO2)[C@H](C)NC(=O)OC(C)(C)C. The monoisotopic (exact) mass is 389 g/mol. The van der Waals surface area contributed by atoms with Gasteiger partial charge in [-0.1, -0.05) is 12.0 Å². The van der Waals surface area contributed by atoms with Crippen molar-refractivity contribution in [3.63, 3.8) is 0 Å². The number of rotatable bonds is 4. The number of fused-ring (bicyclic) bond motifs is 1. The summed E-state index contributed by atoms with van der Waals surface area (Å²) in [5.41, 5.74) is 1.47. The molecule has 1 heterocycles. The molecule has 1 aromatic carbocycles. The Kier molecular flexibility index (Phi) is 6.92. The highest BCUT2D eigenvalue weighted by atomic mass is 32.1. The van der Waals surface area contributed by atoms with E-state index in [9.17, 15) is 4.79 Å². The molecule has 7 heteroatoms. The van der Waals surface area contributed by atoms with Gasteiger partial charge in [-0.3, -0.25) is 0 Å². The summed E-state index contributed by atoms with van der Waals surface area (Å²) >= 11 is 5.44. The standard InChI is InChI=1S/C20H27N3O3S/c1-6-8-15(13(2)21-19(24)26-20(3,4)5)22-18(27)23-16-9-7-10-17-14(16)11-12-25-17/h7,9-10,13,15H,11-12H2,1-5H3,(H,21,24)(H2,22,23,27)/t13-,15+/m0/s1. The van der Waals surface area contributed by atoms with Crippen molar-refractivity contribution in [3.8, 4) is 17.6 Å². The first-order valence-electron chi connectivity index (χ1n) is 8.93. The van der Waals surface area contributed by atoms with E-state index in [-0.39, 0.29) is 12.1 Å². The molecule has 0 bridgehead atoms. The second-order valence-electron chi connectivity index (χ2n) is 7.29. The molecule has 0 saturated carbocycles. The van der Waals surface area contributed by atoms with E-state index < -0.39 is 11.7 Å². The molecule has 1 amide bonds. The van der Waals surface area contributed by atoms with Crippen molar-refractivity contribution in [1.82, 2.24) is 10.6 Å². The van der Waals surface area contributed by atoms with Gasteiger partial charge in [0.1, 0.15) is 17.4 Å². The molecule has 146 valence electrons. The molecule has 2 atom stereocenters. The molecular formula is C20H27N3O3S. The lowest BCUT2D eigenvalue weighted by molar-refractivity contribution is 0.0504. The topological polar surface area (TPSA) is 71.6 Å². The Morgan fingerprint density at radius 3 is 2.74 bits per heavy atom. The first kappa shape index (κ1) is 20.8. The molecule has 0 unspecified atom stereocenters. The molecule has 0 radical (unpaired) electrons. The summed E-state index contributed by atoms with van der Waals surface area (Å²) in [5, 5.41) is 9.60. The zero-order valence-electron chi connectivity index (χ0n) is 16.4. The maximum Gasteiger partial charge on any atom is 0.407 e. The van der Waals surface area contributed by atoms with Crippen LogP contribution in [0.25, 0.3) is 0 Å². The molecular weight excluding hydrogens is 362 g/mol. The van der Waals surface area contributed by atoms with E-state index in [0.717, 1.165) is 23.4 Å². The Labute approximate surface area is 166 Å². The maximum atomic E-state index is 12.0. The minimum absolute atomic E-state index is 0.308. The molecule has 6 nitrogen and oxygen atoms in total. The summed E-state index contributed by atoms with van der Waals surface area (Å²) < 4.78 is 10.9. The summed E-state index contributed by atoms with van der Waals surface area (Å²) in [6.07, 6.45) is 0.354. The van der Waals surface area contributed by atoms with Crippen LogP contribution in [0.5, 0.6) is 5.75 Å². The lowest BCUT2D eigenvalue weighted by Gasteiger charge is -2.26. The quantitative estimate of drug-likeness (QED) is 0.543. The van der Waals surface area contributed by atoms with Gasteiger partial charge in [0.05, 0.1) is 12.6 Å². The number of carbonyl (C=O) groups is 1. The molecule has 0 saturated heterocycles. The van der Waals surface area contributed by atoms with Gasteiger partial charge in [-0.15, -0.1) is 5.92 Å². The highest BCUT2D eigenvalue weighted by molar-refractivity contribution is 7.80. The number of benzene rings is 1. The van der Waals surface area contributed by atoms with Crippen LogP contribution in [0.3, 0.4) is 0 Å². The van der Waals surface area contributed by atoms with Crippen LogP contribution in [-0.2, 0) is 11.2 Å². The molecule has 0 aliphatic carbocycles. The third-order valence-corrected chi connectivity index (χ3v) is 4.04. The molecule has 0 fully saturated rings. The second kappa shape index (κ2) is 8.96. The number of thiocarbonyl (C=S) groups is 1. The summed E-state index contributed by atoms with van der Waals surface area (Å²) in [6.45, 7) is 9.73. The van der Waals surface area contributed by atoms with E-state index in [0.29, 0.717) is 11.7 Å². The average molecular weight is 390 g/mol. The Morgan fingerprint density at radius 1 is 1.33 bits per heavy atom. The minimum Gasteiger partial charge on any atom is -0.493 e. The Bertz CT molecular complexity index is 762. The number of anilines is 1. The third kappa shape index (κ3) is 6.33. The molecule has 27 heavy (non-hydrogen) atoms. The normalized spacial score (nSPS) is 14.6. The molecule has 3 N–H and O–H groups in total. The predicted molar refractivity (Wildman–Crippen MR) is 111 cm³/mol. The Balaban J connectivity index is 1.98. The van der Waals surface area contributed by atoms with Gasteiger partial charge in [-0.2, -0.15) is 0 Å². The van der Waals surface area contributed by atoms with E-state index in [1.54, 1.807) is 6.92 Å². The van der Waals surface area contributed by atoms with Crippen molar-refractivity contribution in [2.75, 3.05) is 11.9 Å². The van der Waals surface area contributed by atoms with Crippen molar-refractivity contribution in [2.45, 2.75) is 58.7 Å². The fourth-order valence-corrected chi connectivity index (χ4v) is 2.89. The van der Waals surface area contributed by atoms with Crippen LogP contribution >= 0.6 is 12.2 Å². The van der Waals surface area contributed by atoms with Crippen molar-refractivity contribution in [3.05, 3.63) is 23.8 Å². The highest BCUT2D eigenvalue weighted by Gasteiger charge is 2.23. The number of ether oxygens (including phenoxy) is 2. The summed E-state index contributed by atoms with van der Waals surface area (Å²) in [4.78, 5) is 12.0. The second-order valence-corrected chi connectivity index (χ2v) is 7.69. The predicted octanol–water partition coefficient (Wildman–Crippen LogP) is 3.21. The van der Waals surface area contributed by atoms with Crippen LogP contribution in [0, 0.1) is 11.8 Å². The van der Waals surface area contributed by atoms with Crippen LogP contribution in [0.15, 0.2) is 18.2 Å². The van der Waals surface area contributed by atoms with E-state index in [4.69, 9.17) is 21.7 Å². The van der Waals surface area contributed by atoms with E-state index in [1.807, 2.05) is 45.9 Å². The van der Waals surface area contributed by atoms with Gasteiger partial charge in [0.25, 0.3) is 0 Å². The summed E-state index contributed by atoms with van der Waals surface area (Å²) in [5.74, 6) is 6.79. The van der Waals surface area contributed by atoms with Crippen molar-refractivity contribution in [1.29, 1.82) is 0 Å².